The molecule has 0 bridgehead atoms. The van der Waals surface area contributed by atoms with Crippen molar-refractivity contribution in [2.45, 2.75) is 19.4 Å². The summed E-state index contributed by atoms with van der Waals surface area (Å²) in [4.78, 5) is 24.7. The third-order valence-corrected chi connectivity index (χ3v) is 3.47. The fourth-order valence-electron chi connectivity index (χ4n) is 1.91. The molecule has 1 aromatic rings. The summed E-state index contributed by atoms with van der Waals surface area (Å²) in [6.45, 7) is 2.00. The highest BCUT2D eigenvalue weighted by Crippen LogP contribution is 2.30. The fraction of sp³-hybridized carbons (Fsp3) is 0.333. The molecule has 17 heavy (non-hydrogen) atoms. The maximum absolute atomic E-state index is 11.8. The second-order valence-electron chi connectivity index (χ2n) is 4.19. The van der Waals surface area contributed by atoms with Gasteiger partial charge in [0.25, 0.3) is 0 Å². The van der Waals surface area contributed by atoms with E-state index < -0.39 is 0 Å². The van der Waals surface area contributed by atoms with Crippen LogP contribution in [-0.4, -0.2) is 24.3 Å². The van der Waals surface area contributed by atoms with Gasteiger partial charge in [0.05, 0.1) is 5.69 Å². The van der Waals surface area contributed by atoms with Gasteiger partial charge in [0.1, 0.15) is 0 Å². The number of anilines is 1. The SMILES string of the molecule is CC(=O)c1ccc(Br)c(N2CC(N)CC2=O)c1. The third-order valence-electron chi connectivity index (χ3n) is 2.80. The van der Waals surface area contributed by atoms with E-state index in [4.69, 9.17) is 5.73 Å². The second-order valence-corrected chi connectivity index (χ2v) is 5.05. The molecule has 1 aliphatic heterocycles. The summed E-state index contributed by atoms with van der Waals surface area (Å²) >= 11 is 3.39. The molecule has 0 radical (unpaired) electrons. The van der Waals surface area contributed by atoms with Crippen LogP contribution in [0.1, 0.15) is 23.7 Å². The Bertz CT molecular complexity index is 487. The zero-order valence-corrected chi connectivity index (χ0v) is 11.0. The Kier molecular flexibility index (Phi) is 3.31. The molecule has 0 spiro atoms. The van der Waals surface area contributed by atoms with Crippen LogP contribution in [0.5, 0.6) is 0 Å². The van der Waals surface area contributed by atoms with E-state index in [1.165, 1.54) is 6.92 Å². The molecule has 1 atom stereocenters. The van der Waals surface area contributed by atoms with E-state index in [1.807, 2.05) is 0 Å². The summed E-state index contributed by atoms with van der Waals surface area (Å²) in [6.07, 6.45) is 0.358. The lowest BCUT2D eigenvalue weighted by Crippen LogP contribution is -2.28. The lowest BCUT2D eigenvalue weighted by molar-refractivity contribution is -0.117. The molecule has 4 nitrogen and oxygen atoms in total. The summed E-state index contributed by atoms with van der Waals surface area (Å²) in [5, 5.41) is 0. The van der Waals surface area contributed by atoms with Crippen molar-refractivity contribution >= 4 is 33.3 Å². The van der Waals surface area contributed by atoms with Gasteiger partial charge in [-0.1, -0.05) is 6.07 Å². The van der Waals surface area contributed by atoms with Crippen LogP contribution in [0.4, 0.5) is 5.69 Å². The van der Waals surface area contributed by atoms with E-state index in [9.17, 15) is 9.59 Å². The molecule has 2 rings (SSSR count). The lowest BCUT2D eigenvalue weighted by atomic mass is 10.1. The maximum Gasteiger partial charge on any atom is 0.228 e. The van der Waals surface area contributed by atoms with E-state index in [0.717, 1.165) is 10.2 Å². The number of rotatable bonds is 2. The molecular weight excluding hydrogens is 284 g/mol. The van der Waals surface area contributed by atoms with Crippen molar-refractivity contribution < 1.29 is 9.59 Å². The summed E-state index contributed by atoms with van der Waals surface area (Å²) < 4.78 is 0.796. The second kappa shape index (κ2) is 4.58. The van der Waals surface area contributed by atoms with Gasteiger partial charge in [0.15, 0.2) is 5.78 Å². The molecule has 1 aromatic carbocycles. The van der Waals surface area contributed by atoms with E-state index in [1.54, 1.807) is 23.1 Å². The van der Waals surface area contributed by atoms with Crippen molar-refractivity contribution in [2.24, 2.45) is 5.73 Å². The number of nitrogens with two attached hydrogens (primary N) is 1. The normalized spacial score (nSPS) is 19.8. The number of ketones is 1. The van der Waals surface area contributed by atoms with Crippen LogP contribution in [0, 0.1) is 0 Å². The predicted molar refractivity (Wildman–Crippen MR) is 69.1 cm³/mol. The summed E-state index contributed by atoms with van der Waals surface area (Å²) in [6, 6.07) is 5.11. The van der Waals surface area contributed by atoms with Crippen LogP contribution in [0.2, 0.25) is 0 Å². The number of Topliss-reactive ketones (excluding diaryl/α,β-unsaturated/α-hetero) is 1. The minimum Gasteiger partial charge on any atom is -0.326 e. The third kappa shape index (κ3) is 2.40. The van der Waals surface area contributed by atoms with Gasteiger partial charge in [-0.15, -0.1) is 0 Å². The molecule has 0 aliphatic carbocycles. The first-order valence-corrected chi connectivity index (χ1v) is 6.15. The highest BCUT2D eigenvalue weighted by molar-refractivity contribution is 9.10. The number of carbonyl (C=O) groups is 2. The van der Waals surface area contributed by atoms with Gasteiger partial charge in [0.2, 0.25) is 5.91 Å². The summed E-state index contributed by atoms with van der Waals surface area (Å²) in [5.41, 5.74) is 7.07. The Morgan fingerprint density at radius 2 is 2.24 bits per heavy atom. The summed E-state index contributed by atoms with van der Waals surface area (Å²) in [5.74, 6) is -0.0198. The molecule has 1 amide bonds. The Hall–Kier alpha value is -1.20. The standard InChI is InChI=1S/C12H13BrN2O2/c1-7(16)8-2-3-10(13)11(4-8)15-6-9(14)5-12(15)17/h2-4,9H,5-6,14H2,1H3. The average Bonchev–Trinajstić information content (AvgIpc) is 2.58. The molecule has 1 heterocycles. The zero-order chi connectivity index (χ0) is 12.6. The monoisotopic (exact) mass is 296 g/mol. The Morgan fingerprint density at radius 1 is 1.53 bits per heavy atom. The minimum atomic E-state index is -0.129. The van der Waals surface area contributed by atoms with Crippen molar-refractivity contribution in [2.75, 3.05) is 11.4 Å². The van der Waals surface area contributed by atoms with Crippen LogP contribution in [0.25, 0.3) is 0 Å². The van der Waals surface area contributed by atoms with Crippen LogP contribution in [0.3, 0.4) is 0 Å². The molecular formula is C12H13BrN2O2. The largest absolute Gasteiger partial charge is 0.326 e. The molecule has 0 aromatic heterocycles. The molecule has 90 valence electrons. The Balaban J connectivity index is 2.41. The lowest BCUT2D eigenvalue weighted by Gasteiger charge is -2.18. The number of carbonyl (C=O) groups excluding carboxylic acids is 2. The van der Waals surface area contributed by atoms with E-state index in [0.29, 0.717) is 18.5 Å². The Labute approximate surface area is 108 Å². The number of benzene rings is 1. The van der Waals surface area contributed by atoms with Crippen LogP contribution >= 0.6 is 15.9 Å². The highest BCUT2D eigenvalue weighted by atomic mass is 79.9. The molecule has 0 saturated carbocycles. The van der Waals surface area contributed by atoms with Crippen molar-refractivity contribution in [1.82, 2.24) is 0 Å². The van der Waals surface area contributed by atoms with E-state index >= 15 is 0 Å². The van der Waals surface area contributed by atoms with Gasteiger partial charge in [-0.3, -0.25) is 9.59 Å². The van der Waals surface area contributed by atoms with Crippen LogP contribution in [0.15, 0.2) is 22.7 Å². The molecule has 1 saturated heterocycles. The first-order chi connectivity index (χ1) is 7.99. The topological polar surface area (TPSA) is 63.4 Å². The predicted octanol–water partition coefficient (Wildman–Crippen LogP) is 1.72. The fourth-order valence-corrected chi connectivity index (χ4v) is 2.37. The number of amides is 1. The van der Waals surface area contributed by atoms with Gasteiger partial charge in [-0.05, 0) is 35.0 Å². The summed E-state index contributed by atoms with van der Waals surface area (Å²) in [7, 11) is 0. The van der Waals surface area contributed by atoms with Crippen molar-refractivity contribution in [1.29, 1.82) is 0 Å². The molecule has 1 unspecified atom stereocenters. The molecule has 2 N–H and O–H groups in total. The van der Waals surface area contributed by atoms with Crippen LogP contribution < -0.4 is 10.6 Å². The smallest absolute Gasteiger partial charge is 0.228 e. The first-order valence-electron chi connectivity index (χ1n) is 5.35. The zero-order valence-electron chi connectivity index (χ0n) is 9.44. The number of hydrogen-bond acceptors (Lipinski definition) is 3. The molecule has 1 fully saturated rings. The van der Waals surface area contributed by atoms with Gasteiger partial charge in [-0.2, -0.15) is 0 Å². The van der Waals surface area contributed by atoms with Gasteiger partial charge < -0.3 is 10.6 Å². The quantitative estimate of drug-likeness (QED) is 0.845. The highest BCUT2D eigenvalue weighted by Gasteiger charge is 2.29. The Morgan fingerprint density at radius 3 is 2.76 bits per heavy atom. The van der Waals surface area contributed by atoms with Crippen molar-refractivity contribution in [3.05, 3.63) is 28.2 Å². The van der Waals surface area contributed by atoms with Gasteiger partial charge in [-0.25, -0.2) is 0 Å². The van der Waals surface area contributed by atoms with Crippen molar-refractivity contribution in [3.8, 4) is 0 Å². The first kappa shape index (κ1) is 12.3. The van der Waals surface area contributed by atoms with Gasteiger partial charge >= 0.3 is 0 Å². The average molecular weight is 297 g/mol. The van der Waals surface area contributed by atoms with E-state index in [2.05, 4.69) is 15.9 Å². The molecule has 1 aliphatic rings. The van der Waals surface area contributed by atoms with Crippen LogP contribution in [-0.2, 0) is 4.79 Å². The number of halogens is 1. The van der Waals surface area contributed by atoms with Gasteiger partial charge in [0, 0.05) is 29.0 Å². The number of hydrogen-bond donors (Lipinski definition) is 1. The van der Waals surface area contributed by atoms with Crippen molar-refractivity contribution in [3.63, 3.8) is 0 Å². The maximum atomic E-state index is 11.8. The minimum absolute atomic E-state index is 0.00102. The molecule has 5 heteroatoms. The number of nitrogens with zero attached hydrogens (tertiary/aromatic N) is 1. The van der Waals surface area contributed by atoms with E-state index in [-0.39, 0.29) is 17.7 Å².